The molecule has 3 aromatic carbocycles. The van der Waals surface area contributed by atoms with Gasteiger partial charge in [0.2, 0.25) is 11.8 Å². The van der Waals surface area contributed by atoms with E-state index in [2.05, 4.69) is 106 Å². The van der Waals surface area contributed by atoms with E-state index in [9.17, 15) is 4.79 Å². The van der Waals surface area contributed by atoms with Gasteiger partial charge in [-0.15, -0.1) is 10.2 Å². The molecular weight excluding hydrogens is 561 g/mol. The normalized spacial score (nSPS) is 12.0. The molecule has 216 valence electrons. The highest BCUT2D eigenvalue weighted by Gasteiger charge is 2.20. The molecule has 0 unspecified atom stereocenters. The van der Waals surface area contributed by atoms with Crippen molar-refractivity contribution in [1.29, 1.82) is 0 Å². The minimum Gasteiger partial charge on any atom is -0.411 e. The molecule has 5 rings (SSSR count). The molecule has 0 aliphatic rings. The molecule has 0 spiro atoms. The Hall–Kier alpha value is -3.75. The summed E-state index contributed by atoms with van der Waals surface area (Å²) >= 11 is 2.68. The lowest BCUT2D eigenvalue weighted by Gasteiger charge is -2.19. The van der Waals surface area contributed by atoms with Crippen molar-refractivity contribution >= 4 is 34.1 Å². The third-order valence-corrected chi connectivity index (χ3v) is 8.86. The lowest BCUT2D eigenvalue weighted by Crippen LogP contribution is -2.13. The van der Waals surface area contributed by atoms with Crippen LogP contribution in [0.5, 0.6) is 0 Å². The molecule has 0 aliphatic heterocycles. The summed E-state index contributed by atoms with van der Waals surface area (Å²) in [6, 6.07) is 25.0. The second-order valence-corrected chi connectivity index (χ2v) is 14.3. The third kappa shape index (κ3) is 6.82. The van der Waals surface area contributed by atoms with Crippen LogP contribution in [0.1, 0.15) is 58.2 Å². The van der Waals surface area contributed by atoms with Crippen molar-refractivity contribution in [3.8, 4) is 33.2 Å². The quantitative estimate of drug-likeness (QED) is 0.189. The fourth-order valence-electron chi connectivity index (χ4n) is 4.49. The van der Waals surface area contributed by atoms with Crippen LogP contribution in [0, 0.1) is 6.92 Å². The summed E-state index contributed by atoms with van der Waals surface area (Å²) in [4.78, 5) is 18.9. The number of rotatable bonds is 7. The maximum atomic E-state index is 13.0. The number of hydrogen-bond acceptors (Lipinski definition) is 7. The van der Waals surface area contributed by atoms with Gasteiger partial charge in [-0.25, -0.2) is 4.98 Å². The smallest absolute Gasteiger partial charge is 0.277 e. The van der Waals surface area contributed by atoms with E-state index in [0.29, 0.717) is 16.2 Å². The number of aromatic nitrogens is 3. The highest BCUT2D eigenvalue weighted by Crippen LogP contribution is 2.40. The fourth-order valence-corrected chi connectivity index (χ4v) is 6.06. The van der Waals surface area contributed by atoms with E-state index in [1.807, 2.05) is 31.2 Å². The van der Waals surface area contributed by atoms with Crippen LogP contribution in [0.4, 0.5) is 5.13 Å². The molecule has 0 radical (unpaired) electrons. The predicted octanol–water partition coefficient (Wildman–Crippen LogP) is 9.16. The predicted molar refractivity (Wildman–Crippen MR) is 174 cm³/mol. The van der Waals surface area contributed by atoms with E-state index in [0.717, 1.165) is 32.8 Å². The van der Waals surface area contributed by atoms with Gasteiger partial charge in [-0.2, -0.15) is 0 Å². The number of benzene rings is 3. The SMILES string of the molecule is Cc1ccccc1-c1nnc(SCC(=O)Nc2nc(-c3ccc(C(C)(C)C)cc3)c(-c3ccc(C(C)(C)C)cc3)s2)o1. The van der Waals surface area contributed by atoms with Crippen molar-refractivity contribution in [3.05, 3.63) is 89.5 Å². The minimum atomic E-state index is -0.186. The Bertz CT molecular complexity index is 1610. The Morgan fingerprint density at radius 1 is 0.833 bits per heavy atom. The van der Waals surface area contributed by atoms with Gasteiger partial charge >= 0.3 is 0 Å². The van der Waals surface area contributed by atoms with Crippen molar-refractivity contribution in [3.63, 3.8) is 0 Å². The van der Waals surface area contributed by atoms with Crippen molar-refractivity contribution in [2.24, 2.45) is 0 Å². The highest BCUT2D eigenvalue weighted by atomic mass is 32.2. The summed E-state index contributed by atoms with van der Waals surface area (Å²) < 4.78 is 5.80. The molecule has 6 nitrogen and oxygen atoms in total. The van der Waals surface area contributed by atoms with E-state index >= 15 is 0 Å². The second kappa shape index (κ2) is 11.9. The van der Waals surface area contributed by atoms with Crippen LogP contribution in [0.2, 0.25) is 0 Å². The number of thiazole rings is 1. The fraction of sp³-hybridized carbons (Fsp3) is 0.294. The number of thioether (sulfide) groups is 1. The Morgan fingerprint density at radius 3 is 2.02 bits per heavy atom. The first kappa shape index (κ1) is 29.7. The maximum absolute atomic E-state index is 13.0. The standard InChI is InChI=1S/C34H36N4O2S2/c1-21-10-8-9-11-26(21)30-37-38-32(40-30)41-20-27(39)35-31-36-28(22-12-16-24(17-13-22)33(2,3)4)29(42-31)23-14-18-25(19-15-23)34(5,6)7/h8-19H,20H2,1-7H3,(H,35,36,39). The van der Waals surface area contributed by atoms with E-state index in [-0.39, 0.29) is 22.5 Å². The Kier molecular flexibility index (Phi) is 8.39. The van der Waals surface area contributed by atoms with E-state index in [1.165, 1.54) is 34.2 Å². The molecule has 8 heteroatoms. The average Bonchev–Trinajstić information content (AvgIpc) is 3.59. The summed E-state index contributed by atoms with van der Waals surface area (Å²) in [5, 5.41) is 12.2. The number of aryl methyl sites for hydroxylation is 1. The van der Waals surface area contributed by atoms with Crippen LogP contribution < -0.4 is 5.32 Å². The summed E-state index contributed by atoms with van der Waals surface area (Å²) in [6.45, 7) is 15.2. The Labute approximate surface area is 256 Å². The second-order valence-electron chi connectivity index (χ2n) is 12.4. The number of carbonyl (C=O) groups excluding carboxylic acids is 1. The molecule has 0 bridgehead atoms. The molecule has 1 amide bonds. The molecule has 0 saturated carbocycles. The van der Waals surface area contributed by atoms with Crippen LogP contribution in [-0.2, 0) is 15.6 Å². The number of nitrogens with zero attached hydrogens (tertiary/aromatic N) is 3. The monoisotopic (exact) mass is 596 g/mol. The molecule has 5 aromatic rings. The Morgan fingerprint density at radius 2 is 1.43 bits per heavy atom. The Balaban J connectivity index is 1.36. The molecular formula is C34H36N4O2S2. The van der Waals surface area contributed by atoms with Gasteiger partial charge in [-0.05, 0) is 46.1 Å². The van der Waals surface area contributed by atoms with Gasteiger partial charge in [0.25, 0.3) is 5.22 Å². The average molecular weight is 597 g/mol. The van der Waals surface area contributed by atoms with Crippen molar-refractivity contribution in [2.75, 3.05) is 11.1 Å². The largest absolute Gasteiger partial charge is 0.411 e. The number of anilines is 1. The molecule has 42 heavy (non-hydrogen) atoms. The highest BCUT2D eigenvalue weighted by molar-refractivity contribution is 7.99. The molecule has 1 N–H and O–H groups in total. The van der Waals surface area contributed by atoms with Gasteiger partial charge in [-0.3, -0.25) is 4.79 Å². The van der Waals surface area contributed by atoms with Crippen LogP contribution >= 0.6 is 23.1 Å². The van der Waals surface area contributed by atoms with E-state index in [4.69, 9.17) is 9.40 Å². The van der Waals surface area contributed by atoms with Gasteiger partial charge in [0, 0.05) is 11.1 Å². The van der Waals surface area contributed by atoms with Gasteiger partial charge < -0.3 is 9.73 Å². The first-order chi connectivity index (χ1) is 19.9. The first-order valence-corrected chi connectivity index (χ1v) is 15.7. The molecule has 2 heterocycles. The van der Waals surface area contributed by atoms with Gasteiger partial charge in [0.05, 0.1) is 16.3 Å². The molecule has 0 saturated heterocycles. The van der Waals surface area contributed by atoms with Crippen molar-refractivity contribution in [2.45, 2.75) is 64.5 Å². The topological polar surface area (TPSA) is 80.9 Å². The lowest BCUT2D eigenvalue weighted by atomic mass is 9.86. The van der Waals surface area contributed by atoms with Crippen LogP contribution in [0.15, 0.2) is 82.4 Å². The van der Waals surface area contributed by atoms with E-state index in [1.54, 1.807) is 0 Å². The summed E-state index contributed by atoms with van der Waals surface area (Å²) in [5.74, 6) is 0.383. The molecule has 0 fully saturated rings. The van der Waals surface area contributed by atoms with Crippen molar-refractivity contribution < 1.29 is 9.21 Å². The molecule has 0 aliphatic carbocycles. The lowest BCUT2D eigenvalue weighted by molar-refractivity contribution is -0.113. The van der Waals surface area contributed by atoms with Crippen LogP contribution in [-0.4, -0.2) is 26.8 Å². The molecule has 0 atom stereocenters. The maximum Gasteiger partial charge on any atom is 0.277 e. The van der Waals surface area contributed by atoms with Crippen LogP contribution in [0.25, 0.3) is 33.2 Å². The van der Waals surface area contributed by atoms with Crippen LogP contribution in [0.3, 0.4) is 0 Å². The third-order valence-electron chi connectivity index (χ3n) is 7.02. The van der Waals surface area contributed by atoms with Gasteiger partial charge in [-0.1, -0.05) is 131 Å². The number of amides is 1. The first-order valence-electron chi connectivity index (χ1n) is 13.9. The summed E-state index contributed by atoms with van der Waals surface area (Å²) in [7, 11) is 0. The molecule has 2 aromatic heterocycles. The zero-order valence-electron chi connectivity index (χ0n) is 25.1. The van der Waals surface area contributed by atoms with Gasteiger partial charge in [0.1, 0.15) is 0 Å². The summed E-state index contributed by atoms with van der Waals surface area (Å²) in [5.41, 5.74) is 7.52. The van der Waals surface area contributed by atoms with E-state index < -0.39 is 0 Å². The number of hydrogen-bond donors (Lipinski definition) is 1. The zero-order valence-corrected chi connectivity index (χ0v) is 26.7. The minimum absolute atomic E-state index is 0.0576. The number of nitrogens with one attached hydrogen (secondary N) is 1. The number of carbonyl (C=O) groups is 1. The van der Waals surface area contributed by atoms with Gasteiger partial charge in [0.15, 0.2) is 5.13 Å². The summed E-state index contributed by atoms with van der Waals surface area (Å²) in [6.07, 6.45) is 0. The van der Waals surface area contributed by atoms with Crippen molar-refractivity contribution in [1.82, 2.24) is 15.2 Å². The zero-order chi connectivity index (χ0) is 30.1.